The van der Waals surface area contributed by atoms with Crippen molar-refractivity contribution in [3.05, 3.63) is 88.2 Å². The third kappa shape index (κ3) is 4.14. The smallest absolute Gasteiger partial charge is 0.200 e. The van der Waals surface area contributed by atoms with Crippen LogP contribution in [-0.2, 0) is 6.61 Å². The molecule has 0 bridgehead atoms. The molecule has 0 radical (unpaired) electrons. The molecule has 1 heterocycles. The van der Waals surface area contributed by atoms with E-state index in [9.17, 15) is 27.1 Å². The van der Waals surface area contributed by atoms with E-state index in [1.807, 2.05) is 31.2 Å². The van der Waals surface area contributed by atoms with E-state index in [0.29, 0.717) is 11.3 Å². The average Bonchev–Trinajstić information content (AvgIpc) is 3.22. The van der Waals surface area contributed by atoms with Crippen LogP contribution in [0.5, 0.6) is 17.2 Å². The molecule has 3 atom stereocenters. The molecule has 0 saturated carbocycles. The minimum absolute atomic E-state index is 0.0157. The Balaban J connectivity index is 1.58. The summed E-state index contributed by atoms with van der Waals surface area (Å²) in [5, 5.41) is 10.7. The summed E-state index contributed by atoms with van der Waals surface area (Å²) in [6.07, 6.45) is 0. The molecular weight excluding hydrogens is 459 g/mol. The summed E-state index contributed by atoms with van der Waals surface area (Å²) in [5.41, 5.74) is 6.63. The van der Waals surface area contributed by atoms with Crippen LogP contribution in [-0.4, -0.2) is 18.3 Å². The number of hydrogen-bond acceptors (Lipinski definition) is 5. The number of hydrazine groups is 1. The van der Waals surface area contributed by atoms with E-state index in [1.54, 1.807) is 13.2 Å². The lowest BCUT2D eigenvalue weighted by atomic mass is 9.83. The first kappa shape index (κ1) is 23.8. The number of phenolic OH excluding ortho intramolecular Hbond substituents is 1. The van der Waals surface area contributed by atoms with Crippen LogP contribution >= 0.6 is 0 Å². The van der Waals surface area contributed by atoms with Crippen molar-refractivity contribution in [2.45, 2.75) is 31.5 Å². The maximum atomic E-state index is 13.9. The van der Waals surface area contributed by atoms with Gasteiger partial charge in [0.1, 0.15) is 23.9 Å². The first-order valence-corrected chi connectivity index (χ1v) is 10.3. The second-order valence-corrected chi connectivity index (χ2v) is 7.88. The molecule has 1 aliphatic heterocycles. The Hall–Kier alpha value is -3.37. The molecule has 10 heteroatoms. The molecule has 34 heavy (non-hydrogen) atoms. The van der Waals surface area contributed by atoms with Crippen molar-refractivity contribution in [2.24, 2.45) is 0 Å². The van der Waals surface area contributed by atoms with E-state index >= 15 is 0 Å². The second-order valence-electron chi connectivity index (χ2n) is 7.88. The van der Waals surface area contributed by atoms with Gasteiger partial charge in [0.05, 0.1) is 18.7 Å². The van der Waals surface area contributed by atoms with Crippen LogP contribution in [0.4, 0.5) is 22.0 Å². The molecule has 5 nitrogen and oxygen atoms in total. The SMILES string of the molecule is COc1ccccc1C1C(C)NNC1c1ccc(OCc2c(F)c(F)c(F)c(F)c2F)cc1O. The number of hydrogen-bond donors (Lipinski definition) is 3. The first-order valence-electron chi connectivity index (χ1n) is 10.3. The van der Waals surface area contributed by atoms with Crippen LogP contribution in [0.2, 0.25) is 0 Å². The topological polar surface area (TPSA) is 62.8 Å². The highest BCUT2D eigenvalue weighted by Crippen LogP contribution is 2.43. The van der Waals surface area contributed by atoms with E-state index < -0.39 is 41.3 Å². The second kappa shape index (κ2) is 9.47. The lowest BCUT2D eigenvalue weighted by molar-refractivity contribution is 0.278. The minimum Gasteiger partial charge on any atom is -0.507 e. The van der Waals surface area contributed by atoms with Gasteiger partial charge in [-0.05, 0) is 19.1 Å². The van der Waals surface area contributed by atoms with Gasteiger partial charge in [-0.3, -0.25) is 5.43 Å². The molecule has 0 spiro atoms. The Morgan fingerprint density at radius 1 is 0.853 bits per heavy atom. The number of phenols is 1. The summed E-state index contributed by atoms with van der Waals surface area (Å²) >= 11 is 0. The van der Waals surface area contributed by atoms with Crippen LogP contribution in [0.1, 0.15) is 35.6 Å². The Morgan fingerprint density at radius 2 is 1.50 bits per heavy atom. The molecule has 0 aliphatic carbocycles. The number of rotatable bonds is 6. The number of ether oxygens (including phenoxy) is 2. The van der Waals surface area contributed by atoms with E-state index in [4.69, 9.17) is 9.47 Å². The first-order chi connectivity index (χ1) is 16.2. The largest absolute Gasteiger partial charge is 0.507 e. The maximum absolute atomic E-state index is 13.9. The van der Waals surface area contributed by atoms with E-state index in [2.05, 4.69) is 10.9 Å². The number of para-hydroxylation sites is 1. The van der Waals surface area contributed by atoms with Gasteiger partial charge in [0.15, 0.2) is 23.3 Å². The van der Waals surface area contributed by atoms with Crippen LogP contribution in [0.25, 0.3) is 0 Å². The summed E-state index contributed by atoms with van der Waals surface area (Å²) in [7, 11) is 1.57. The fraction of sp³-hybridized carbons (Fsp3) is 0.250. The van der Waals surface area contributed by atoms with Crippen LogP contribution in [0.3, 0.4) is 0 Å². The molecule has 3 aromatic rings. The van der Waals surface area contributed by atoms with Gasteiger partial charge in [-0.2, -0.15) is 0 Å². The predicted molar refractivity (Wildman–Crippen MR) is 113 cm³/mol. The van der Waals surface area contributed by atoms with Gasteiger partial charge in [0.2, 0.25) is 5.82 Å². The van der Waals surface area contributed by atoms with Crippen molar-refractivity contribution < 1.29 is 36.5 Å². The molecule has 1 aliphatic rings. The van der Waals surface area contributed by atoms with Gasteiger partial charge >= 0.3 is 0 Å². The molecule has 180 valence electrons. The summed E-state index contributed by atoms with van der Waals surface area (Å²) < 4.78 is 78.5. The predicted octanol–water partition coefficient (Wildman–Crippen LogP) is 5.00. The monoisotopic (exact) mass is 480 g/mol. The number of aromatic hydroxyl groups is 1. The van der Waals surface area contributed by atoms with Crippen molar-refractivity contribution in [2.75, 3.05) is 7.11 Å². The zero-order valence-corrected chi connectivity index (χ0v) is 18.1. The highest BCUT2D eigenvalue weighted by molar-refractivity contribution is 5.46. The summed E-state index contributed by atoms with van der Waals surface area (Å²) in [4.78, 5) is 0. The number of nitrogens with one attached hydrogen (secondary N) is 2. The normalized spacial score (nSPS) is 19.9. The molecule has 3 aromatic carbocycles. The van der Waals surface area contributed by atoms with E-state index in [0.717, 1.165) is 5.56 Å². The fourth-order valence-electron chi connectivity index (χ4n) is 4.16. The van der Waals surface area contributed by atoms with Gasteiger partial charge in [0, 0.05) is 29.2 Å². The molecule has 1 saturated heterocycles. The van der Waals surface area contributed by atoms with Gasteiger partial charge in [0.25, 0.3) is 0 Å². The van der Waals surface area contributed by atoms with Crippen molar-refractivity contribution in [3.8, 4) is 17.2 Å². The molecule has 4 rings (SSSR count). The Kier molecular flexibility index (Phi) is 6.63. The maximum Gasteiger partial charge on any atom is 0.200 e. The minimum atomic E-state index is -2.24. The summed E-state index contributed by atoms with van der Waals surface area (Å²) in [5.74, 6) is -9.89. The van der Waals surface area contributed by atoms with E-state index in [-0.39, 0.29) is 29.5 Å². The third-order valence-electron chi connectivity index (χ3n) is 5.88. The highest BCUT2D eigenvalue weighted by atomic mass is 19.2. The molecule has 3 N–H and O–H groups in total. The molecule has 0 aromatic heterocycles. The Bertz CT molecular complexity index is 1190. The van der Waals surface area contributed by atoms with Gasteiger partial charge in [-0.15, -0.1) is 0 Å². The molecule has 1 fully saturated rings. The summed E-state index contributed by atoms with van der Waals surface area (Å²) in [6, 6.07) is 11.3. The zero-order valence-electron chi connectivity index (χ0n) is 18.1. The standard InChI is InChI=1S/C24H21F5N2O3/c1-11-18(14-5-3-4-6-17(14)33-2)24(31-30-11)13-8-7-12(9-16(13)32)34-10-15-19(25)21(27)23(29)22(28)20(15)26/h3-9,11,18,24,30-32H,10H2,1-2H3. The van der Waals surface area contributed by atoms with E-state index in [1.165, 1.54) is 12.1 Å². The van der Waals surface area contributed by atoms with Crippen molar-refractivity contribution in [1.29, 1.82) is 0 Å². The Morgan fingerprint density at radius 3 is 2.15 bits per heavy atom. The quantitative estimate of drug-likeness (QED) is 0.264. The van der Waals surface area contributed by atoms with Crippen molar-refractivity contribution in [1.82, 2.24) is 10.9 Å². The van der Waals surface area contributed by atoms with Crippen LogP contribution in [0.15, 0.2) is 42.5 Å². The summed E-state index contributed by atoms with van der Waals surface area (Å²) in [6.45, 7) is 1.05. The van der Waals surface area contributed by atoms with Crippen LogP contribution < -0.4 is 20.3 Å². The van der Waals surface area contributed by atoms with Crippen molar-refractivity contribution in [3.63, 3.8) is 0 Å². The number of methoxy groups -OCH3 is 1. The van der Waals surface area contributed by atoms with Gasteiger partial charge in [-0.25, -0.2) is 27.4 Å². The van der Waals surface area contributed by atoms with Gasteiger partial charge in [-0.1, -0.05) is 24.3 Å². The van der Waals surface area contributed by atoms with Crippen molar-refractivity contribution >= 4 is 0 Å². The highest BCUT2D eigenvalue weighted by Gasteiger charge is 2.38. The molecule has 3 unspecified atom stereocenters. The fourth-order valence-corrected chi connectivity index (χ4v) is 4.16. The number of halogens is 5. The zero-order chi connectivity index (χ0) is 24.6. The average molecular weight is 480 g/mol. The molecular formula is C24H21F5N2O3. The lowest BCUT2D eigenvalue weighted by Gasteiger charge is -2.24. The Labute approximate surface area is 192 Å². The van der Waals surface area contributed by atoms with Gasteiger partial charge < -0.3 is 14.6 Å². The third-order valence-corrected chi connectivity index (χ3v) is 5.88. The van der Waals surface area contributed by atoms with Crippen LogP contribution in [0, 0.1) is 29.1 Å². The molecule has 0 amide bonds. The number of benzene rings is 3. The lowest BCUT2D eigenvalue weighted by Crippen LogP contribution is -2.29.